The van der Waals surface area contributed by atoms with Crippen molar-refractivity contribution in [1.29, 1.82) is 0 Å². The fourth-order valence-electron chi connectivity index (χ4n) is 1.18. The Hall–Kier alpha value is -1.06. The number of aliphatic hydroxyl groups excluding tert-OH is 1. The van der Waals surface area contributed by atoms with Crippen LogP contribution in [-0.4, -0.2) is 16.0 Å². The van der Waals surface area contributed by atoms with Gasteiger partial charge in [0.05, 0.1) is 6.61 Å². The molecule has 0 amide bonds. The average molecular weight is 215 g/mol. The maximum Gasteiger partial charge on any atom is 0.152 e. The lowest BCUT2D eigenvalue weighted by molar-refractivity contribution is -0.116. The van der Waals surface area contributed by atoms with Crippen molar-refractivity contribution < 1.29 is 15.0 Å². The number of halogens is 1. The van der Waals surface area contributed by atoms with Crippen LogP contribution in [0.1, 0.15) is 23.4 Å². The maximum absolute atomic E-state index is 11.0. The number of carbonyl (C=O) groups excluding carboxylic acids is 1. The molecule has 0 fully saturated rings. The average Bonchev–Trinajstić information content (AvgIpc) is 2.16. The Bertz CT molecular complexity index is 349. The molecule has 0 aliphatic rings. The number of carbonyl (C=O) groups is 1. The van der Waals surface area contributed by atoms with Gasteiger partial charge in [0.15, 0.2) is 5.78 Å². The normalized spacial score (nSPS) is 12.5. The number of aromatic hydroxyl groups is 1. The predicted molar refractivity (Wildman–Crippen MR) is 53.3 cm³/mol. The summed E-state index contributed by atoms with van der Waals surface area (Å²) in [5.74, 6) is -0.184. The van der Waals surface area contributed by atoms with Crippen LogP contribution in [0.5, 0.6) is 5.75 Å². The summed E-state index contributed by atoms with van der Waals surface area (Å²) in [4.78, 5) is 11.0. The number of alkyl halides is 1. The van der Waals surface area contributed by atoms with Gasteiger partial charge in [-0.3, -0.25) is 4.79 Å². The second-order valence-corrected chi connectivity index (χ2v) is 3.45. The van der Waals surface area contributed by atoms with Crippen LogP contribution in [0.4, 0.5) is 0 Å². The fourth-order valence-corrected chi connectivity index (χ4v) is 1.38. The Morgan fingerprint density at radius 3 is 2.71 bits per heavy atom. The minimum atomic E-state index is -0.816. The Morgan fingerprint density at radius 2 is 2.21 bits per heavy atom. The molecule has 0 radical (unpaired) electrons. The lowest BCUT2D eigenvalue weighted by Crippen LogP contribution is -2.05. The SMILES string of the molecule is CC(=O)C(Cl)c1cc(O)ccc1CO. The van der Waals surface area contributed by atoms with E-state index < -0.39 is 5.38 Å². The third kappa shape index (κ3) is 2.25. The van der Waals surface area contributed by atoms with Crippen molar-refractivity contribution in [2.24, 2.45) is 0 Å². The molecule has 0 heterocycles. The van der Waals surface area contributed by atoms with Crippen LogP contribution in [0.3, 0.4) is 0 Å². The monoisotopic (exact) mass is 214 g/mol. The van der Waals surface area contributed by atoms with E-state index in [1.807, 2.05) is 0 Å². The molecule has 76 valence electrons. The van der Waals surface area contributed by atoms with E-state index in [0.717, 1.165) is 0 Å². The number of Topliss-reactive ketones (excluding diaryl/α,β-unsaturated/α-hetero) is 1. The molecular weight excluding hydrogens is 204 g/mol. The summed E-state index contributed by atoms with van der Waals surface area (Å²) in [6, 6.07) is 4.38. The third-order valence-electron chi connectivity index (χ3n) is 1.93. The molecule has 0 saturated carbocycles. The molecule has 1 aromatic carbocycles. The van der Waals surface area contributed by atoms with E-state index in [-0.39, 0.29) is 18.1 Å². The number of hydrogen-bond acceptors (Lipinski definition) is 3. The number of rotatable bonds is 3. The van der Waals surface area contributed by atoms with E-state index in [1.165, 1.54) is 19.1 Å². The number of hydrogen-bond donors (Lipinski definition) is 2. The zero-order chi connectivity index (χ0) is 10.7. The first-order valence-corrected chi connectivity index (χ1v) is 4.57. The topological polar surface area (TPSA) is 57.5 Å². The summed E-state index contributed by atoms with van der Waals surface area (Å²) < 4.78 is 0. The molecule has 1 aromatic rings. The second kappa shape index (κ2) is 4.44. The van der Waals surface area contributed by atoms with Crippen LogP contribution >= 0.6 is 11.6 Å². The fraction of sp³-hybridized carbons (Fsp3) is 0.300. The van der Waals surface area contributed by atoms with Crippen molar-refractivity contribution >= 4 is 17.4 Å². The first kappa shape index (κ1) is 11.0. The van der Waals surface area contributed by atoms with Crippen molar-refractivity contribution in [2.45, 2.75) is 18.9 Å². The van der Waals surface area contributed by atoms with E-state index in [4.69, 9.17) is 16.7 Å². The maximum atomic E-state index is 11.0. The lowest BCUT2D eigenvalue weighted by Gasteiger charge is -2.11. The Balaban J connectivity index is 3.16. The molecular formula is C10H11ClO3. The quantitative estimate of drug-likeness (QED) is 0.754. The predicted octanol–water partition coefficient (Wildman–Crippen LogP) is 1.75. The summed E-state index contributed by atoms with van der Waals surface area (Å²) in [5.41, 5.74) is 1.01. The highest BCUT2D eigenvalue weighted by molar-refractivity contribution is 6.30. The third-order valence-corrected chi connectivity index (χ3v) is 2.47. The molecule has 0 saturated heterocycles. The molecule has 4 heteroatoms. The van der Waals surface area contributed by atoms with Crippen LogP contribution in [0, 0.1) is 0 Å². The number of phenols is 1. The van der Waals surface area contributed by atoms with Crippen LogP contribution in [-0.2, 0) is 11.4 Å². The summed E-state index contributed by atoms with van der Waals surface area (Å²) >= 11 is 5.83. The zero-order valence-electron chi connectivity index (χ0n) is 7.70. The van der Waals surface area contributed by atoms with Crippen molar-refractivity contribution in [1.82, 2.24) is 0 Å². The Morgan fingerprint density at radius 1 is 1.57 bits per heavy atom. The minimum absolute atomic E-state index is 0.0316. The van der Waals surface area contributed by atoms with E-state index in [0.29, 0.717) is 11.1 Å². The molecule has 2 N–H and O–H groups in total. The van der Waals surface area contributed by atoms with E-state index in [9.17, 15) is 9.90 Å². The molecule has 0 aromatic heterocycles. The minimum Gasteiger partial charge on any atom is -0.508 e. The van der Waals surface area contributed by atoms with Crippen LogP contribution in [0.2, 0.25) is 0 Å². The van der Waals surface area contributed by atoms with Gasteiger partial charge >= 0.3 is 0 Å². The molecule has 0 bridgehead atoms. The van der Waals surface area contributed by atoms with Crippen molar-refractivity contribution in [3.63, 3.8) is 0 Å². The first-order valence-electron chi connectivity index (χ1n) is 4.13. The number of phenolic OH excluding ortho intramolecular Hbond substituents is 1. The van der Waals surface area contributed by atoms with Gasteiger partial charge in [0.25, 0.3) is 0 Å². The van der Waals surface area contributed by atoms with Crippen LogP contribution in [0.25, 0.3) is 0 Å². The van der Waals surface area contributed by atoms with Gasteiger partial charge in [0.2, 0.25) is 0 Å². The van der Waals surface area contributed by atoms with Gasteiger partial charge in [-0.25, -0.2) is 0 Å². The number of ketones is 1. The van der Waals surface area contributed by atoms with Crippen LogP contribution in [0.15, 0.2) is 18.2 Å². The molecule has 0 aliphatic heterocycles. The Labute approximate surface area is 86.9 Å². The van der Waals surface area contributed by atoms with E-state index >= 15 is 0 Å². The summed E-state index contributed by atoms with van der Waals surface area (Å²) in [6.07, 6.45) is 0. The summed E-state index contributed by atoms with van der Waals surface area (Å²) in [7, 11) is 0. The Kier molecular flexibility index (Phi) is 3.49. The zero-order valence-corrected chi connectivity index (χ0v) is 8.45. The number of aliphatic hydroxyl groups is 1. The van der Waals surface area contributed by atoms with E-state index in [2.05, 4.69) is 0 Å². The molecule has 1 atom stereocenters. The van der Waals surface area contributed by atoms with Crippen molar-refractivity contribution in [3.8, 4) is 5.75 Å². The summed E-state index contributed by atoms with van der Waals surface area (Å²) in [5, 5.41) is 17.4. The molecule has 1 rings (SSSR count). The standard InChI is InChI=1S/C10H11ClO3/c1-6(13)10(11)9-4-8(14)3-2-7(9)5-12/h2-4,10,12,14H,5H2,1H3. The van der Waals surface area contributed by atoms with Gasteiger partial charge in [0, 0.05) is 0 Å². The molecule has 1 unspecified atom stereocenters. The lowest BCUT2D eigenvalue weighted by atomic mass is 10.0. The van der Waals surface area contributed by atoms with Crippen molar-refractivity contribution in [2.75, 3.05) is 0 Å². The second-order valence-electron chi connectivity index (χ2n) is 3.01. The highest BCUT2D eigenvalue weighted by atomic mass is 35.5. The molecule has 0 aliphatic carbocycles. The first-order chi connectivity index (χ1) is 6.56. The van der Waals surface area contributed by atoms with Gasteiger partial charge in [0.1, 0.15) is 11.1 Å². The highest BCUT2D eigenvalue weighted by Gasteiger charge is 2.17. The van der Waals surface area contributed by atoms with Gasteiger partial charge in [-0.05, 0) is 30.2 Å². The van der Waals surface area contributed by atoms with E-state index in [1.54, 1.807) is 6.07 Å². The van der Waals surface area contributed by atoms with Gasteiger partial charge in [-0.2, -0.15) is 0 Å². The van der Waals surface area contributed by atoms with Crippen LogP contribution < -0.4 is 0 Å². The molecule has 3 nitrogen and oxygen atoms in total. The van der Waals surface area contributed by atoms with Crippen molar-refractivity contribution in [3.05, 3.63) is 29.3 Å². The highest BCUT2D eigenvalue weighted by Crippen LogP contribution is 2.28. The summed E-state index contributed by atoms with van der Waals surface area (Å²) in [6.45, 7) is 1.16. The number of benzene rings is 1. The molecule has 14 heavy (non-hydrogen) atoms. The van der Waals surface area contributed by atoms with Gasteiger partial charge in [-0.1, -0.05) is 6.07 Å². The smallest absolute Gasteiger partial charge is 0.152 e. The largest absolute Gasteiger partial charge is 0.508 e. The van der Waals surface area contributed by atoms with Gasteiger partial charge in [-0.15, -0.1) is 11.6 Å². The molecule has 0 spiro atoms. The van der Waals surface area contributed by atoms with Gasteiger partial charge < -0.3 is 10.2 Å².